The van der Waals surface area contributed by atoms with Gasteiger partial charge in [-0.2, -0.15) is 0 Å². The largest absolute Gasteiger partial charge is 0.256 e. The van der Waals surface area contributed by atoms with Crippen LogP contribution in [0.4, 0.5) is 4.39 Å². The second-order valence-electron chi connectivity index (χ2n) is 8.87. The van der Waals surface area contributed by atoms with Gasteiger partial charge in [0.1, 0.15) is 5.82 Å². The zero-order valence-corrected chi connectivity index (χ0v) is 19.2. The monoisotopic (exact) mass is 417 g/mol. The Bertz CT molecular complexity index is 893. The molecular formula is C29H36FN. The molecule has 0 spiro atoms. The molecule has 1 aliphatic rings. The van der Waals surface area contributed by atoms with Crippen molar-refractivity contribution in [1.82, 2.24) is 4.98 Å². The van der Waals surface area contributed by atoms with E-state index in [9.17, 15) is 4.39 Å². The lowest BCUT2D eigenvalue weighted by molar-refractivity contribution is 0.302. The summed E-state index contributed by atoms with van der Waals surface area (Å²) in [6.45, 7) is 4.42. The summed E-state index contributed by atoms with van der Waals surface area (Å²) in [6, 6.07) is 9.53. The summed E-state index contributed by atoms with van der Waals surface area (Å²) in [5.41, 5.74) is 3.33. The Balaban J connectivity index is 1.57. The first-order chi connectivity index (χ1) is 15.2. The number of halogens is 1. The molecule has 2 aromatic rings. The van der Waals surface area contributed by atoms with E-state index in [2.05, 4.69) is 42.8 Å². The van der Waals surface area contributed by atoms with Crippen molar-refractivity contribution < 1.29 is 4.39 Å². The molecule has 31 heavy (non-hydrogen) atoms. The second kappa shape index (κ2) is 12.5. The van der Waals surface area contributed by atoms with Gasteiger partial charge in [-0.05, 0) is 79.8 Å². The Hall–Kier alpha value is -2.40. The highest BCUT2D eigenvalue weighted by molar-refractivity contribution is 5.48. The third kappa shape index (κ3) is 7.35. The second-order valence-corrected chi connectivity index (χ2v) is 8.87. The minimum absolute atomic E-state index is 0.206. The molecule has 0 atom stereocenters. The molecule has 0 saturated heterocycles. The van der Waals surface area contributed by atoms with Crippen molar-refractivity contribution in [1.29, 1.82) is 0 Å². The summed E-state index contributed by atoms with van der Waals surface area (Å²) < 4.78 is 14.7. The van der Waals surface area contributed by atoms with E-state index in [1.54, 1.807) is 12.3 Å². The Morgan fingerprint density at radius 3 is 2.52 bits per heavy atom. The molecule has 0 bridgehead atoms. The van der Waals surface area contributed by atoms with Gasteiger partial charge in [-0.3, -0.25) is 4.98 Å². The number of pyridine rings is 1. The van der Waals surface area contributed by atoms with Crippen LogP contribution in [0.1, 0.15) is 106 Å². The zero-order valence-electron chi connectivity index (χ0n) is 19.2. The molecule has 3 rings (SSSR count). The average Bonchev–Trinajstić information content (AvgIpc) is 2.80. The molecule has 0 amide bonds. The number of nitrogens with zero attached hydrogens (tertiary/aromatic N) is 1. The molecule has 1 aliphatic carbocycles. The van der Waals surface area contributed by atoms with E-state index in [0.717, 1.165) is 35.6 Å². The van der Waals surface area contributed by atoms with Crippen LogP contribution >= 0.6 is 0 Å². The Labute approximate surface area is 188 Å². The predicted molar refractivity (Wildman–Crippen MR) is 129 cm³/mol. The van der Waals surface area contributed by atoms with Crippen LogP contribution in [-0.4, -0.2) is 4.98 Å². The van der Waals surface area contributed by atoms with E-state index in [4.69, 9.17) is 0 Å². The molecule has 1 aromatic carbocycles. The summed E-state index contributed by atoms with van der Waals surface area (Å²) >= 11 is 0. The van der Waals surface area contributed by atoms with Gasteiger partial charge in [0, 0.05) is 11.8 Å². The lowest BCUT2D eigenvalue weighted by Crippen LogP contribution is -2.13. The van der Waals surface area contributed by atoms with Gasteiger partial charge in [0.25, 0.3) is 0 Å². The first-order valence-electron chi connectivity index (χ1n) is 12.1. The summed E-state index contributed by atoms with van der Waals surface area (Å²) in [5, 5.41) is 0. The van der Waals surface area contributed by atoms with Gasteiger partial charge < -0.3 is 0 Å². The first-order valence-corrected chi connectivity index (χ1v) is 12.1. The fourth-order valence-corrected chi connectivity index (χ4v) is 4.44. The molecule has 1 heterocycles. The van der Waals surface area contributed by atoms with Gasteiger partial charge in [0.05, 0.1) is 11.3 Å². The van der Waals surface area contributed by atoms with Crippen LogP contribution in [0.15, 0.2) is 42.6 Å². The number of hydrogen-bond acceptors (Lipinski definition) is 1. The van der Waals surface area contributed by atoms with E-state index >= 15 is 0 Å². The number of aromatic nitrogens is 1. The van der Waals surface area contributed by atoms with Crippen LogP contribution in [-0.2, 0) is 0 Å². The van der Waals surface area contributed by atoms with Crippen LogP contribution in [0.5, 0.6) is 0 Å². The maximum absolute atomic E-state index is 14.7. The molecule has 2 heteroatoms. The Morgan fingerprint density at radius 1 is 1.00 bits per heavy atom. The molecule has 164 valence electrons. The maximum atomic E-state index is 14.7. The highest BCUT2D eigenvalue weighted by Crippen LogP contribution is 2.38. The van der Waals surface area contributed by atoms with Crippen LogP contribution < -0.4 is 0 Å². The first kappa shape index (κ1) is 23.3. The van der Waals surface area contributed by atoms with Gasteiger partial charge in [-0.15, -0.1) is 0 Å². The fraction of sp³-hybridized carbons (Fsp3) is 0.483. The molecule has 0 radical (unpaired) electrons. The van der Waals surface area contributed by atoms with Gasteiger partial charge in [-0.25, -0.2) is 4.39 Å². The molecule has 1 saturated carbocycles. The zero-order chi connectivity index (χ0) is 21.9. The van der Waals surface area contributed by atoms with Gasteiger partial charge >= 0.3 is 0 Å². The summed E-state index contributed by atoms with van der Waals surface area (Å²) in [5.74, 6) is 7.20. The molecule has 0 aliphatic heterocycles. The lowest BCUT2D eigenvalue weighted by Gasteiger charge is -2.29. The summed E-state index contributed by atoms with van der Waals surface area (Å²) in [7, 11) is 0. The highest BCUT2D eigenvalue weighted by atomic mass is 19.1. The van der Waals surface area contributed by atoms with E-state index in [1.165, 1.54) is 51.4 Å². The van der Waals surface area contributed by atoms with Crippen LogP contribution in [0.3, 0.4) is 0 Å². The van der Waals surface area contributed by atoms with E-state index < -0.39 is 0 Å². The molecule has 0 N–H and O–H groups in total. The van der Waals surface area contributed by atoms with Crippen molar-refractivity contribution in [3.8, 4) is 11.8 Å². The summed E-state index contributed by atoms with van der Waals surface area (Å²) in [4.78, 5) is 4.41. The molecular weight excluding hydrogens is 381 g/mol. The maximum Gasteiger partial charge on any atom is 0.139 e. The topological polar surface area (TPSA) is 12.9 Å². The van der Waals surface area contributed by atoms with E-state index in [1.807, 2.05) is 24.3 Å². The van der Waals surface area contributed by atoms with Gasteiger partial charge in [0.2, 0.25) is 0 Å². The minimum Gasteiger partial charge on any atom is -0.256 e. The van der Waals surface area contributed by atoms with Crippen molar-refractivity contribution in [3.05, 3.63) is 70.8 Å². The van der Waals surface area contributed by atoms with Crippen LogP contribution in [0.2, 0.25) is 0 Å². The van der Waals surface area contributed by atoms with Gasteiger partial charge in [-0.1, -0.05) is 69.9 Å². The standard InChI is InChI=1S/C29H36FN/c1-3-5-7-9-23-11-15-25(16-12-23)27-19-18-26(29(30)21-27)17-13-24-14-20-28(31-22-24)10-8-6-4-2/h8,10,14,18-23,25H,3-7,9,11-12,15-16H2,1-2H3/b10-8+. The number of allylic oxidation sites excluding steroid dienone is 1. The molecule has 1 aromatic heterocycles. The minimum atomic E-state index is -0.206. The third-order valence-electron chi connectivity index (χ3n) is 6.40. The molecule has 1 nitrogen and oxygen atoms in total. The molecule has 0 unspecified atom stereocenters. The molecule has 1 fully saturated rings. The summed E-state index contributed by atoms with van der Waals surface area (Å²) in [6.07, 6.45) is 18.4. The van der Waals surface area contributed by atoms with Crippen molar-refractivity contribution >= 4 is 6.08 Å². The van der Waals surface area contributed by atoms with E-state index in [-0.39, 0.29) is 5.82 Å². The smallest absolute Gasteiger partial charge is 0.139 e. The Morgan fingerprint density at radius 2 is 1.84 bits per heavy atom. The van der Waals surface area contributed by atoms with Crippen molar-refractivity contribution in [2.45, 2.75) is 84.0 Å². The van der Waals surface area contributed by atoms with Crippen molar-refractivity contribution in [2.75, 3.05) is 0 Å². The number of benzene rings is 1. The fourth-order valence-electron chi connectivity index (χ4n) is 4.44. The average molecular weight is 418 g/mol. The number of rotatable bonds is 8. The van der Waals surface area contributed by atoms with Crippen molar-refractivity contribution in [3.63, 3.8) is 0 Å². The van der Waals surface area contributed by atoms with Crippen LogP contribution in [0.25, 0.3) is 6.08 Å². The van der Waals surface area contributed by atoms with Gasteiger partial charge in [0.15, 0.2) is 0 Å². The van der Waals surface area contributed by atoms with Crippen LogP contribution in [0, 0.1) is 23.6 Å². The van der Waals surface area contributed by atoms with Crippen molar-refractivity contribution in [2.24, 2.45) is 5.92 Å². The normalized spacial score (nSPS) is 18.7. The quantitative estimate of drug-likeness (QED) is 0.311. The third-order valence-corrected chi connectivity index (χ3v) is 6.40. The number of unbranched alkanes of at least 4 members (excludes halogenated alkanes) is 3. The van der Waals surface area contributed by atoms with E-state index in [0.29, 0.717) is 11.5 Å². The highest BCUT2D eigenvalue weighted by Gasteiger charge is 2.22. The number of hydrogen-bond donors (Lipinski definition) is 0. The predicted octanol–water partition coefficient (Wildman–Crippen LogP) is 8.29. The SMILES string of the molecule is CCC/C=C/c1ccc(C#Cc2ccc(C3CCC(CCCCC)CC3)cc2F)cn1. The Kier molecular flexibility index (Phi) is 9.35. The lowest BCUT2D eigenvalue weighted by atomic mass is 9.77.